The van der Waals surface area contributed by atoms with Crippen LogP contribution in [-0.4, -0.2) is 18.2 Å². The second-order valence-corrected chi connectivity index (χ2v) is 4.82. The number of nitriles is 1. The summed E-state index contributed by atoms with van der Waals surface area (Å²) in [5.74, 6) is -0.0198. The molecule has 0 N–H and O–H groups in total. The van der Waals surface area contributed by atoms with Crippen LogP contribution < -0.4 is 0 Å². The summed E-state index contributed by atoms with van der Waals surface area (Å²) in [6.45, 7) is 0. The molecule has 5 heteroatoms. The minimum absolute atomic E-state index is 0.0652. The average molecular weight is 304 g/mol. The van der Waals surface area contributed by atoms with E-state index in [1.807, 2.05) is 42.5 Å². The number of hydrogen-bond donors (Lipinski definition) is 0. The van der Waals surface area contributed by atoms with E-state index in [0.29, 0.717) is 16.8 Å². The second kappa shape index (κ2) is 6.16. The molecule has 1 heterocycles. The van der Waals surface area contributed by atoms with Crippen LogP contribution in [0.4, 0.5) is 0 Å². The third kappa shape index (κ3) is 2.83. The molecule has 23 heavy (non-hydrogen) atoms. The number of ether oxygens (including phenoxy) is 1. The zero-order chi connectivity index (χ0) is 16.2. The molecule has 0 amide bonds. The molecule has 3 aromatic rings. The van der Waals surface area contributed by atoms with Crippen molar-refractivity contribution in [3.63, 3.8) is 0 Å². The Morgan fingerprint density at radius 2 is 2.04 bits per heavy atom. The summed E-state index contributed by atoms with van der Waals surface area (Å²) in [6.07, 6.45) is 1.48. The Balaban J connectivity index is 2.10. The maximum atomic E-state index is 11.5. The van der Waals surface area contributed by atoms with Crippen LogP contribution in [-0.2, 0) is 9.53 Å². The van der Waals surface area contributed by atoms with Crippen molar-refractivity contribution < 1.29 is 14.1 Å². The highest BCUT2D eigenvalue weighted by Crippen LogP contribution is 2.29. The van der Waals surface area contributed by atoms with Gasteiger partial charge in [0.15, 0.2) is 5.76 Å². The Kier molecular flexibility index (Phi) is 3.89. The summed E-state index contributed by atoms with van der Waals surface area (Å²) < 4.78 is 10.0. The largest absolute Gasteiger partial charge is 0.465 e. The lowest BCUT2D eigenvalue weighted by Crippen LogP contribution is -2.02. The molecule has 0 unspecified atom stereocenters. The molecule has 5 nitrogen and oxygen atoms in total. The quantitative estimate of drug-likeness (QED) is 0.420. The van der Waals surface area contributed by atoms with Crippen molar-refractivity contribution in [1.29, 1.82) is 5.26 Å². The highest BCUT2D eigenvalue weighted by atomic mass is 16.5. The fourth-order valence-electron chi connectivity index (χ4n) is 2.26. The van der Waals surface area contributed by atoms with Crippen LogP contribution in [0.2, 0.25) is 0 Å². The lowest BCUT2D eigenvalue weighted by atomic mass is 10.0. The van der Waals surface area contributed by atoms with Crippen LogP contribution in [0.15, 0.2) is 58.6 Å². The first-order valence-electron chi connectivity index (χ1n) is 6.88. The van der Waals surface area contributed by atoms with E-state index in [-0.39, 0.29) is 5.57 Å². The van der Waals surface area contributed by atoms with E-state index in [2.05, 4.69) is 9.89 Å². The van der Waals surface area contributed by atoms with Gasteiger partial charge >= 0.3 is 5.97 Å². The van der Waals surface area contributed by atoms with Gasteiger partial charge in [-0.15, -0.1) is 0 Å². The minimum Gasteiger partial charge on any atom is -0.465 e. The van der Waals surface area contributed by atoms with E-state index in [1.165, 1.54) is 13.2 Å². The molecule has 3 rings (SSSR count). The van der Waals surface area contributed by atoms with Gasteiger partial charge in [-0.1, -0.05) is 41.6 Å². The predicted octanol–water partition coefficient (Wildman–Crippen LogP) is 3.57. The van der Waals surface area contributed by atoms with E-state index < -0.39 is 5.97 Å². The molecule has 0 radical (unpaired) electrons. The lowest BCUT2D eigenvalue weighted by molar-refractivity contribution is -0.135. The number of aromatic nitrogens is 1. The Morgan fingerprint density at radius 3 is 2.74 bits per heavy atom. The Labute approximate surface area is 132 Å². The molecule has 0 aliphatic carbocycles. The summed E-state index contributed by atoms with van der Waals surface area (Å²) in [5.41, 5.74) is 2.24. The van der Waals surface area contributed by atoms with Gasteiger partial charge in [-0.05, 0) is 23.8 Å². The van der Waals surface area contributed by atoms with Crippen molar-refractivity contribution in [1.82, 2.24) is 5.16 Å². The number of methoxy groups -OCH3 is 1. The molecule has 0 bridgehead atoms. The molecule has 0 atom stereocenters. The van der Waals surface area contributed by atoms with E-state index in [9.17, 15) is 4.79 Å². The number of carbonyl (C=O) groups excluding carboxylic acids is 1. The van der Waals surface area contributed by atoms with Gasteiger partial charge in [-0.3, -0.25) is 0 Å². The molecule has 0 aliphatic heterocycles. The first-order valence-corrected chi connectivity index (χ1v) is 6.88. The zero-order valence-corrected chi connectivity index (χ0v) is 12.3. The van der Waals surface area contributed by atoms with Gasteiger partial charge in [0.05, 0.1) is 12.5 Å². The lowest BCUT2D eigenvalue weighted by Gasteiger charge is -1.99. The van der Waals surface area contributed by atoms with Gasteiger partial charge in [0.1, 0.15) is 17.2 Å². The first kappa shape index (κ1) is 14.5. The standard InChI is InChI=1S/C18H12N2O3/c1-22-18(21)14(11-19)9-12-7-8-16-15(10-12)17(23-20-16)13-5-3-2-4-6-13/h2-10H,1H3/b14-9-. The summed E-state index contributed by atoms with van der Waals surface area (Å²) in [4.78, 5) is 11.5. The Bertz CT molecular complexity index is 934. The summed E-state index contributed by atoms with van der Waals surface area (Å²) in [5, 5.41) is 13.9. The van der Waals surface area contributed by atoms with Crippen LogP contribution >= 0.6 is 0 Å². The average Bonchev–Trinajstić information content (AvgIpc) is 3.03. The van der Waals surface area contributed by atoms with Crippen molar-refractivity contribution >= 4 is 22.9 Å². The number of hydrogen-bond acceptors (Lipinski definition) is 5. The van der Waals surface area contributed by atoms with Gasteiger partial charge in [0.2, 0.25) is 0 Å². The maximum absolute atomic E-state index is 11.5. The molecule has 0 fully saturated rings. The molecule has 112 valence electrons. The fourth-order valence-corrected chi connectivity index (χ4v) is 2.26. The third-order valence-electron chi connectivity index (χ3n) is 3.37. The van der Waals surface area contributed by atoms with Crippen LogP contribution in [0.3, 0.4) is 0 Å². The first-order chi connectivity index (χ1) is 11.2. The van der Waals surface area contributed by atoms with E-state index in [1.54, 1.807) is 12.1 Å². The highest BCUT2D eigenvalue weighted by Gasteiger charge is 2.12. The highest BCUT2D eigenvalue weighted by molar-refractivity contribution is 5.99. The van der Waals surface area contributed by atoms with Crippen LogP contribution in [0.25, 0.3) is 28.3 Å². The normalized spacial score (nSPS) is 11.2. The van der Waals surface area contributed by atoms with Gasteiger partial charge in [0.25, 0.3) is 0 Å². The Hall–Kier alpha value is -3.39. The van der Waals surface area contributed by atoms with Crippen LogP contribution in [0.1, 0.15) is 5.56 Å². The smallest absolute Gasteiger partial charge is 0.348 e. The van der Waals surface area contributed by atoms with Crippen LogP contribution in [0, 0.1) is 11.3 Å². The maximum Gasteiger partial charge on any atom is 0.348 e. The zero-order valence-electron chi connectivity index (χ0n) is 12.3. The predicted molar refractivity (Wildman–Crippen MR) is 85.1 cm³/mol. The minimum atomic E-state index is -0.666. The van der Waals surface area contributed by atoms with Crippen LogP contribution in [0.5, 0.6) is 0 Å². The number of esters is 1. The number of nitrogens with zero attached hydrogens (tertiary/aromatic N) is 2. The van der Waals surface area contributed by atoms with Gasteiger partial charge in [0, 0.05) is 5.56 Å². The molecule has 0 aliphatic rings. The van der Waals surface area contributed by atoms with Crippen molar-refractivity contribution in [2.45, 2.75) is 0 Å². The molecular formula is C18H12N2O3. The second-order valence-electron chi connectivity index (χ2n) is 4.82. The molecule has 0 saturated heterocycles. The van der Waals surface area contributed by atoms with E-state index >= 15 is 0 Å². The molecule has 1 aromatic heterocycles. The monoisotopic (exact) mass is 304 g/mol. The van der Waals surface area contributed by atoms with Crippen molar-refractivity contribution in [2.75, 3.05) is 7.11 Å². The number of carbonyl (C=O) groups is 1. The van der Waals surface area contributed by atoms with Gasteiger partial charge in [-0.25, -0.2) is 4.79 Å². The molecular weight excluding hydrogens is 292 g/mol. The van der Waals surface area contributed by atoms with E-state index in [4.69, 9.17) is 9.78 Å². The van der Waals surface area contributed by atoms with Gasteiger partial charge in [-0.2, -0.15) is 5.26 Å². The summed E-state index contributed by atoms with van der Waals surface area (Å²) in [6, 6.07) is 16.8. The SMILES string of the molecule is COC(=O)/C(C#N)=C\c1ccc2noc(-c3ccccc3)c2c1. The fraction of sp³-hybridized carbons (Fsp3) is 0.0556. The number of benzene rings is 2. The van der Waals surface area contributed by atoms with Crippen molar-refractivity contribution in [3.05, 3.63) is 59.7 Å². The summed E-state index contributed by atoms with van der Waals surface area (Å²) >= 11 is 0. The number of fused-ring (bicyclic) bond motifs is 1. The van der Waals surface area contributed by atoms with Gasteiger partial charge < -0.3 is 9.26 Å². The van der Waals surface area contributed by atoms with E-state index in [0.717, 1.165) is 10.9 Å². The summed E-state index contributed by atoms with van der Waals surface area (Å²) in [7, 11) is 1.24. The molecule has 0 saturated carbocycles. The molecule has 2 aromatic carbocycles. The van der Waals surface area contributed by atoms with Crippen molar-refractivity contribution in [2.24, 2.45) is 0 Å². The number of rotatable bonds is 3. The third-order valence-corrected chi connectivity index (χ3v) is 3.37. The van der Waals surface area contributed by atoms with Crippen molar-refractivity contribution in [3.8, 4) is 17.4 Å². The molecule has 0 spiro atoms. The Morgan fingerprint density at radius 1 is 1.26 bits per heavy atom. The topological polar surface area (TPSA) is 76.1 Å².